The fourth-order valence-electron chi connectivity index (χ4n) is 2.85. The first-order valence-corrected chi connectivity index (χ1v) is 10.1. The topological polar surface area (TPSA) is 70.7 Å². The highest BCUT2D eigenvalue weighted by Gasteiger charge is 2.16. The lowest BCUT2D eigenvalue weighted by molar-refractivity contribution is -0.122. The van der Waals surface area contributed by atoms with Crippen LogP contribution in [0.1, 0.15) is 36.7 Å². The molecule has 0 aliphatic carbocycles. The van der Waals surface area contributed by atoms with E-state index in [-0.39, 0.29) is 11.8 Å². The number of hydrogen-bond acceptors (Lipinski definition) is 4. The summed E-state index contributed by atoms with van der Waals surface area (Å²) in [6.45, 7) is 11.2. The van der Waals surface area contributed by atoms with Gasteiger partial charge in [0.05, 0.1) is 0 Å². The van der Waals surface area contributed by atoms with Crippen LogP contribution in [0, 0.1) is 6.92 Å². The van der Waals surface area contributed by atoms with E-state index in [1.165, 1.54) is 0 Å². The Balaban J connectivity index is 1.85. The molecule has 6 nitrogen and oxygen atoms in total. The van der Waals surface area contributed by atoms with Gasteiger partial charge in [-0.25, -0.2) is 0 Å². The molecule has 2 amide bonds. The smallest absolute Gasteiger partial charge is 0.265 e. The Bertz CT molecular complexity index is 801. The van der Waals surface area contributed by atoms with Crippen molar-refractivity contribution in [1.82, 2.24) is 10.2 Å². The van der Waals surface area contributed by atoms with Crippen molar-refractivity contribution in [1.29, 1.82) is 0 Å². The monoisotopic (exact) mass is 397 g/mol. The van der Waals surface area contributed by atoms with Gasteiger partial charge in [0.1, 0.15) is 5.75 Å². The number of carbonyl (C=O) groups excluding carboxylic acids is 2. The second-order valence-electron chi connectivity index (χ2n) is 6.87. The van der Waals surface area contributed by atoms with Gasteiger partial charge in [-0.2, -0.15) is 0 Å². The summed E-state index contributed by atoms with van der Waals surface area (Å²) in [6.07, 6.45) is -0.640. The van der Waals surface area contributed by atoms with Crippen molar-refractivity contribution in [2.45, 2.75) is 33.8 Å². The Hall–Kier alpha value is -2.86. The molecule has 156 valence electrons. The molecule has 0 bridgehead atoms. The van der Waals surface area contributed by atoms with Gasteiger partial charge < -0.3 is 20.3 Å². The number of aryl methyl sites for hydroxylation is 1. The predicted molar refractivity (Wildman–Crippen MR) is 116 cm³/mol. The maximum absolute atomic E-state index is 12.4. The molecule has 29 heavy (non-hydrogen) atoms. The van der Waals surface area contributed by atoms with Gasteiger partial charge in [0.15, 0.2) is 6.10 Å². The lowest BCUT2D eigenvalue weighted by atomic mass is 10.2. The summed E-state index contributed by atoms with van der Waals surface area (Å²) in [5.41, 5.74) is 2.16. The maximum Gasteiger partial charge on any atom is 0.265 e. The molecule has 2 aromatic carbocycles. The van der Waals surface area contributed by atoms with Crippen molar-refractivity contribution in [3.63, 3.8) is 0 Å². The molecule has 0 saturated heterocycles. The van der Waals surface area contributed by atoms with E-state index in [0.29, 0.717) is 23.5 Å². The molecule has 0 saturated carbocycles. The lowest BCUT2D eigenvalue weighted by Gasteiger charge is -2.18. The van der Waals surface area contributed by atoms with Gasteiger partial charge in [-0.3, -0.25) is 9.59 Å². The normalized spacial score (nSPS) is 11.8. The number of nitrogens with one attached hydrogen (secondary N) is 2. The van der Waals surface area contributed by atoms with E-state index in [9.17, 15) is 9.59 Å². The van der Waals surface area contributed by atoms with E-state index < -0.39 is 6.10 Å². The summed E-state index contributed by atoms with van der Waals surface area (Å²) in [6, 6.07) is 14.4. The van der Waals surface area contributed by atoms with Gasteiger partial charge >= 0.3 is 0 Å². The molecule has 1 atom stereocenters. The minimum Gasteiger partial charge on any atom is -0.481 e. The molecule has 0 spiro atoms. The molecule has 0 fully saturated rings. The van der Waals surface area contributed by atoms with E-state index in [2.05, 4.69) is 29.4 Å². The minimum atomic E-state index is -0.640. The van der Waals surface area contributed by atoms with Gasteiger partial charge in [-0.15, -0.1) is 0 Å². The van der Waals surface area contributed by atoms with Gasteiger partial charge in [-0.1, -0.05) is 32.0 Å². The molecule has 0 aliphatic heterocycles. The zero-order chi connectivity index (χ0) is 21.2. The van der Waals surface area contributed by atoms with Crippen LogP contribution in [0.4, 0.5) is 5.69 Å². The molecule has 2 N–H and O–H groups in total. The average molecular weight is 398 g/mol. The van der Waals surface area contributed by atoms with Gasteiger partial charge in [0.25, 0.3) is 11.8 Å². The molecule has 1 unspecified atom stereocenters. The zero-order valence-corrected chi connectivity index (χ0v) is 17.7. The number of benzene rings is 2. The molecular weight excluding hydrogens is 366 g/mol. The summed E-state index contributed by atoms with van der Waals surface area (Å²) in [4.78, 5) is 26.9. The molecule has 6 heteroatoms. The van der Waals surface area contributed by atoms with Crippen LogP contribution in [0.5, 0.6) is 5.75 Å². The number of likely N-dealkylation sites (N-methyl/N-ethyl adjacent to an activating group) is 1. The van der Waals surface area contributed by atoms with Crippen LogP contribution in [0.3, 0.4) is 0 Å². The van der Waals surface area contributed by atoms with Crippen LogP contribution in [-0.2, 0) is 4.79 Å². The maximum atomic E-state index is 12.4. The Kier molecular flexibility index (Phi) is 8.68. The SMILES string of the molecule is CCN(CC)CCNC(=O)c1ccc(NC(=O)C(C)Oc2ccccc2C)cc1. The van der Waals surface area contributed by atoms with Gasteiger partial charge in [0.2, 0.25) is 0 Å². The summed E-state index contributed by atoms with van der Waals surface area (Å²) < 4.78 is 5.74. The van der Waals surface area contributed by atoms with Crippen molar-refractivity contribution in [2.24, 2.45) is 0 Å². The summed E-state index contributed by atoms with van der Waals surface area (Å²) in [5, 5.41) is 5.74. The van der Waals surface area contributed by atoms with E-state index in [1.807, 2.05) is 31.2 Å². The second kappa shape index (κ2) is 11.2. The number of amides is 2. The third-order valence-corrected chi connectivity index (χ3v) is 4.79. The molecule has 0 aromatic heterocycles. The summed E-state index contributed by atoms with van der Waals surface area (Å²) >= 11 is 0. The fraction of sp³-hybridized carbons (Fsp3) is 0.391. The molecule has 0 radical (unpaired) electrons. The minimum absolute atomic E-state index is 0.119. The van der Waals surface area contributed by atoms with Crippen molar-refractivity contribution in [2.75, 3.05) is 31.5 Å². The highest BCUT2D eigenvalue weighted by Crippen LogP contribution is 2.18. The number of carbonyl (C=O) groups is 2. The van der Waals surface area contributed by atoms with Gasteiger partial charge in [0, 0.05) is 24.3 Å². The average Bonchev–Trinajstić information content (AvgIpc) is 2.73. The first-order chi connectivity index (χ1) is 13.9. The zero-order valence-electron chi connectivity index (χ0n) is 17.7. The number of nitrogens with zero attached hydrogens (tertiary/aromatic N) is 1. The standard InChI is InChI=1S/C23H31N3O3/c1-5-26(6-2)16-15-24-23(28)19-11-13-20(14-12-19)25-22(27)18(4)29-21-10-8-7-9-17(21)3/h7-14,18H,5-6,15-16H2,1-4H3,(H,24,28)(H,25,27). The second-order valence-corrected chi connectivity index (χ2v) is 6.87. The number of para-hydroxylation sites is 1. The number of anilines is 1. The molecule has 2 rings (SSSR count). The van der Waals surface area contributed by atoms with Crippen LogP contribution in [0.15, 0.2) is 48.5 Å². The third-order valence-electron chi connectivity index (χ3n) is 4.79. The largest absolute Gasteiger partial charge is 0.481 e. The van der Waals surface area contributed by atoms with Crippen molar-refractivity contribution >= 4 is 17.5 Å². The Morgan fingerprint density at radius 1 is 1.03 bits per heavy atom. The first-order valence-electron chi connectivity index (χ1n) is 10.1. The highest BCUT2D eigenvalue weighted by atomic mass is 16.5. The summed E-state index contributed by atoms with van der Waals surface area (Å²) in [7, 11) is 0. The summed E-state index contributed by atoms with van der Waals surface area (Å²) in [5.74, 6) is 0.322. The molecular formula is C23H31N3O3. The molecule has 0 aliphatic rings. The molecule has 0 heterocycles. The number of rotatable bonds is 10. The quantitative estimate of drug-likeness (QED) is 0.644. The fourth-order valence-corrected chi connectivity index (χ4v) is 2.85. The van der Waals surface area contributed by atoms with E-state index in [4.69, 9.17) is 4.74 Å². The van der Waals surface area contributed by atoms with E-state index in [0.717, 1.165) is 25.2 Å². The Morgan fingerprint density at radius 2 is 1.69 bits per heavy atom. The lowest BCUT2D eigenvalue weighted by Crippen LogP contribution is -2.34. The highest BCUT2D eigenvalue weighted by molar-refractivity contribution is 5.96. The van der Waals surface area contributed by atoms with E-state index >= 15 is 0 Å². The van der Waals surface area contributed by atoms with Gasteiger partial charge in [-0.05, 0) is 62.8 Å². The van der Waals surface area contributed by atoms with Crippen molar-refractivity contribution in [3.8, 4) is 5.75 Å². The first kappa shape index (κ1) is 22.4. The van der Waals surface area contributed by atoms with Crippen LogP contribution >= 0.6 is 0 Å². The van der Waals surface area contributed by atoms with Crippen LogP contribution < -0.4 is 15.4 Å². The predicted octanol–water partition coefficient (Wildman–Crippen LogP) is 3.47. The van der Waals surface area contributed by atoms with Crippen LogP contribution in [-0.4, -0.2) is 49.0 Å². The Labute approximate surface area is 173 Å². The van der Waals surface area contributed by atoms with Crippen molar-refractivity contribution < 1.29 is 14.3 Å². The van der Waals surface area contributed by atoms with Crippen molar-refractivity contribution in [3.05, 3.63) is 59.7 Å². The van der Waals surface area contributed by atoms with Crippen LogP contribution in [0.2, 0.25) is 0 Å². The Morgan fingerprint density at radius 3 is 2.31 bits per heavy atom. The number of hydrogen-bond donors (Lipinski definition) is 2. The van der Waals surface area contributed by atoms with Crippen LogP contribution in [0.25, 0.3) is 0 Å². The van der Waals surface area contributed by atoms with E-state index in [1.54, 1.807) is 31.2 Å². The molecule has 2 aromatic rings. The third kappa shape index (κ3) is 6.91. The number of ether oxygens (including phenoxy) is 1.